The molecule has 0 aliphatic carbocycles. The summed E-state index contributed by atoms with van der Waals surface area (Å²) in [7, 11) is 1.29. The highest BCUT2D eigenvalue weighted by molar-refractivity contribution is 5.86. The van der Waals surface area contributed by atoms with Gasteiger partial charge in [-0.1, -0.05) is 6.58 Å². The van der Waals surface area contributed by atoms with Gasteiger partial charge in [0.25, 0.3) is 5.56 Å². The topological polar surface area (TPSA) is 83.4 Å². The first-order valence-electron chi connectivity index (χ1n) is 9.81. The SMILES string of the molecule is C=Cc1cc2c(c(OC)n1)c(=O)n(-c1cnc3cc(F)ccn13)c(=O)n2-c1ccc(F)c(F)c1. The molecule has 170 valence electrons. The molecule has 34 heavy (non-hydrogen) atoms. The minimum Gasteiger partial charge on any atom is -0.480 e. The molecule has 0 aliphatic heterocycles. The van der Waals surface area contributed by atoms with Crippen LogP contribution < -0.4 is 16.0 Å². The Bertz CT molecular complexity index is 1750. The van der Waals surface area contributed by atoms with E-state index >= 15 is 0 Å². The monoisotopic (exact) mass is 465 g/mol. The summed E-state index contributed by atoms with van der Waals surface area (Å²) in [6.07, 6.45) is 3.91. The Labute approximate surface area is 188 Å². The van der Waals surface area contributed by atoms with Crippen molar-refractivity contribution >= 4 is 22.6 Å². The van der Waals surface area contributed by atoms with Crippen molar-refractivity contribution in [2.75, 3.05) is 7.11 Å². The number of hydrogen-bond donors (Lipinski definition) is 0. The van der Waals surface area contributed by atoms with E-state index < -0.39 is 28.7 Å². The fraction of sp³-hybridized carbons (Fsp3) is 0.0435. The lowest BCUT2D eigenvalue weighted by Crippen LogP contribution is -2.39. The zero-order valence-corrected chi connectivity index (χ0v) is 17.5. The third-order valence-corrected chi connectivity index (χ3v) is 5.27. The molecular weight excluding hydrogens is 451 g/mol. The first kappa shape index (κ1) is 21.2. The average molecular weight is 465 g/mol. The predicted octanol–water partition coefficient (Wildman–Crippen LogP) is 3.25. The van der Waals surface area contributed by atoms with E-state index in [1.807, 2.05) is 0 Å². The van der Waals surface area contributed by atoms with Crippen LogP contribution in [0.1, 0.15) is 5.69 Å². The molecule has 0 spiro atoms. The van der Waals surface area contributed by atoms with Gasteiger partial charge in [0.05, 0.1) is 30.2 Å². The number of halogens is 3. The van der Waals surface area contributed by atoms with Gasteiger partial charge in [0, 0.05) is 18.3 Å². The number of hydrogen-bond acceptors (Lipinski definition) is 5. The Hall–Kier alpha value is -4.67. The largest absolute Gasteiger partial charge is 0.480 e. The first-order valence-corrected chi connectivity index (χ1v) is 9.81. The van der Waals surface area contributed by atoms with Crippen LogP contribution in [0.3, 0.4) is 0 Å². The van der Waals surface area contributed by atoms with Gasteiger partial charge < -0.3 is 4.74 Å². The fourth-order valence-electron chi connectivity index (χ4n) is 3.74. The number of nitrogens with zero attached hydrogens (tertiary/aromatic N) is 5. The van der Waals surface area contributed by atoms with E-state index in [1.54, 1.807) is 0 Å². The second kappa shape index (κ2) is 7.73. The average Bonchev–Trinajstić information content (AvgIpc) is 3.23. The van der Waals surface area contributed by atoms with Crippen molar-refractivity contribution in [2.24, 2.45) is 0 Å². The fourth-order valence-corrected chi connectivity index (χ4v) is 3.74. The summed E-state index contributed by atoms with van der Waals surface area (Å²) < 4.78 is 49.9. The molecule has 8 nitrogen and oxygen atoms in total. The lowest BCUT2D eigenvalue weighted by molar-refractivity contribution is 0.402. The van der Waals surface area contributed by atoms with Crippen LogP contribution in [0.15, 0.2) is 65.0 Å². The summed E-state index contributed by atoms with van der Waals surface area (Å²) in [5.74, 6) is -2.97. The molecule has 0 radical (unpaired) electrons. The van der Waals surface area contributed by atoms with Gasteiger partial charge in [-0.05, 0) is 30.3 Å². The number of benzene rings is 1. The molecule has 0 saturated heterocycles. The van der Waals surface area contributed by atoms with Crippen LogP contribution >= 0.6 is 0 Å². The van der Waals surface area contributed by atoms with E-state index in [9.17, 15) is 22.8 Å². The summed E-state index contributed by atoms with van der Waals surface area (Å²) in [5.41, 5.74) is -1.29. The molecule has 11 heteroatoms. The lowest BCUT2D eigenvalue weighted by atomic mass is 10.2. The lowest BCUT2D eigenvalue weighted by Gasteiger charge is -2.16. The Morgan fingerprint density at radius 2 is 1.82 bits per heavy atom. The van der Waals surface area contributed by atoms with Gasteiger partial charge in [-0.3, -0.25) is 13.8 Å². The zero-order chi connectivity index (χ0) is 24.1. The van der Waals surface area contributed by atoms with Gasteiger partial charge in [0.2, 0.25) is 5.88 Å². The standard InChI is InChI=1S/C23H14F3N5O3/c1-3-13-9-17-20(21(28-13)34-2)22(32)31(19-11-27-18-8-12(24)6-7-29(18)19)23(33)30(17)14-4-5-15(25)16(26)10-14/h3-11H,1H2,2H3. The van der Waals surface area contributed by atoms with Gasteiger partial charge in [-0.25, -0.2) is 32.5 Å². The normalized spacial score (nSPS) is 11.3. The quantitative estimate of drug-likeness (QED) is 0.407. The number of ether oxygens (including phenoxy) is 1. The number of methoxy groups -OCH3 is 1. The third-order valence-electron chi connectivity index (χ3n) is 5.27. The maximum atomic E-state index is 14.1. The second-order valence-electron chi connectivity index (χ2n) is 7.20. The zero-order valence-electron chi connectivity index (χ0n) is 17.5. The highest BCUT2D eigenvalue weighted by Gasteiger charge is 2.23. The molecular formula is C23H14F3N5O3. The van der Waals surface area contributed by atoms with Crippen LogP contribution in [-0.2, 0) is 0 Å². The van der Waals surface area contributed by atoms with E-state index in [1.165, 1.54) is 42.1 Å². The minimum atomic E-state index is -1.19. The molecule has 0 fully saturated rings. The van der Waals surface area contributed by atoms with E-state index in [4.69, 9.17) is 4.74 Å². The van der Waals surface area contributed by atoms with Crippen LogP contribution in [0.4, 0.5) is 13.2 Å². The van der Waals surface area contributed by atoms with Crippen molar-refractivity contribution in [1.29, 1.82) is 0 Å². The van der Waals surface area contributed by atoms with Crippen LogP contribution in [0.25, 0.3) is 34.1 Å². The van der Waals surface area contributed by atoms with E-state index in [0.29, 0.717) is 0 Å². The molecule has 5 aromatic rings. The molecule has 0 aliphatic rings. The van der Waals surface area contributed by atoms with Crippen LogP contribution in [0.2, 0.25) is 0 Å². The molecule has 5 rings (SSSR count). The van der Waals surface area contributed by atoms with Gasteiger partial charge in [0.1, 0.15) is 22.7 Å². The molecule has 1 aromatic carbocycles. The smallest absolute Gasteiger partial charge is 0.342 e. The molecule has 0 atom stereocenters. The second-order valence-corrected chi connectivity index (χ2v) is 7.20. The Balaban J connectivity index is 2.00. The predicted molar refractivity (Wildman–Crippen MR) is 118 cm³/mol. The summed E-state index contributed by atoms with van der Waals surface area (Å²) in [6, 6.07) is 6.55. The summed E-state index contributed by atoms with van der Waals surface area (Å²) in [6.45, 7) is 3.64. The van der Waals surface area contributed by atoms with Crippen molar-refractivity contribution in [3.05, 3.63) is 99.4 Å². The van der Waals surface area contributed by atoms with Crippen LogP contribution in [0.5, 0.6) is 5.88 Å². The number of fused-ring (bicyclic) bond motifs is 2. The van der Waals surface area contributed by atoms with Crippen molar-refractivity contribution < 1.29 is 17.9 Å². The Morgan fingerprint density at radius 1 is 1.03 bits per heavy atom. The molecule has 0 amide bonds. The molecule has 4 heterocycles. The van der Waals surface area contributed by atoms with Crippen molar-refractivity contribution in [2.45, 2.75) is 0 Å². The van der Waals surface area contributed by atoms with E-state index in [2.05, 4.69) is 16.5 Å². The summed E-state index contributed by atoms with van der Waals surface area (Å²) in [5, 5.41) is -0.102. The highest BCUT2D eigenvalue weighted by atomic mass is 19.2. The minimum absolute atomic E-state index is 0.00177. The number of pyridine rings is 2. The van der Waals surface area contributed by atoms with Crippen molar-refractivity contribution in [3.8, 4) is 17.4 Å². The van der Waals surface area contributed by atoms with Crippen molar-refractivity contribution in [1.82, 2.24) is 23.5 Å². The number of rotatable bonds is 4. The van der Waals surface area contributed by atoms with E-state index in [0.717, 1.165) is 33.4 Å². The maximum Gasteiger partial charge on any atom is 0.342 e. The van der Waals surface area contributed by atoms with Crippen LogP contribution in [0, 0.1) is 17.5 Å². The molecule has 0 N–H and O–H groups in total. The molecule has 0 unspecified atom stereocenters. The number of aromatic nitrogens is 5. The van der Waals surface area contributed by atoms with Gasteiger partial charge in [-0.2, -0.15) is 0 Å². The Morgan fingerprint density at radius 3 is 2.53 bits per heavy atom. The maximum absolute atomic E-state index is 14.1. The molecule has 4 aromatic heterocycles. The van der Waals surface area contributed by atoms with Crippen LogP contribution in [-0.4, -0.2) is 30.6 Å². The Kier molecular flexibility index (Phi) is 4.82. The number of imidazole rings is 1. The van der Waals surface area contributed by atoms with Gasteiger partial charge >= 0.3 is 5.69 Å². The summed E-state index contributed by atoms with van der Waals surface area (Å²) in [4.78, 5) is 35.6. The highest BCUT2D eigenvalue weighted by Crippen LogP contribution is 2.24. The first-order chi connectivity index (χ1) is 16.3. The van der Waals surface area contributed by atoms with E-state index in [-0.39, 0.29) is 39.6 Å². The molecule has 0 bridgehead atoms. The third kappa shape index (κ3) is 3.09. The molecule has 0 saturated carbocycles. The van der Waals surface area contributed by atoms with Gasteiger partial charge in [0.15, 0.2) is 11.6 Å². The summed E-state index contributed by atoms with van der Waals surface area (Å²) >= 11 is 0. The van der Waals surface area contributed by atoms with Gasteiger partial charge in [-0.15, -0.1) is 0 Å². The van der Waals surface area contributed by atoms with Crippen molar-refractivity contribution in [3.63, 3.8) is 0 Å².